The Balaban J connectivity index is 2.58. The Hall–Kier alpha value is -0.580. The Kier molecular flexibility index (Phi) is 3.48. The summed E-state index contributed by atoms with van der Waals surface area (Å²) in [5, 5.41) is 3.55. The van der Waals surface area contributed by atoms with Crippen molar-refractivity contribution < 1.29 is 8.42 Å². The predicted octanol–water partition coefficient (Wildman–Crippen LogP) is 2.56. The van der Waals surface area contributed by atoms with Gasteiger partial charge in [-0.05, 0) is 43.7 Å². The van der Waals surface area contributed by atoms with Gasteiger partial charge in [-0.15, -0.1) is 0 Å². The summed E-state index contributed by atoms with van der Waals surface area (Å²) in [5.41, 5.74) is 0.803. The summed E-state index contributed by atoms with van der Waals surface area (Å²) in [6.07, 6.45) is 0.601. The molecule has 0 radical (unpaired) electrons. The molecular formula is C12H16ClNO2S. The molecule has 1 aromatic rings. The van der Waals surface area contributed by atoms with E-state index in [4.69, 9.17) is 11.6 Å². The molecule has 0 aliphatic carbocycles. The van der Waals surface area contributed by atoms with Crippen LogP contribution in [0.1, 0.15) is 31.9 Å². The van der Waals surface area contributed by atoms with Gasteiger partial charge in [-0.3, -0.25) is 0 Å². The van der Waals surface area contributed by atoms with E-state index in [1.807, 2.05) is 6.92 Å². The van der Waals surface area contributed by atoms with Crippen molar-refractivity contribution in [3.63, 3.8) is 0 Å². The average Bonchev–Trinajstić information content (AvgIpc) is 2.26. The highest BCUT2D eigenvalue weighted by molar-refractivity contribution is 7.92. The van der Waals surface area contributed by atoms with Gasteiger partial charge >= 0.3 is 0 Å². The maximum atomic E-state index is 12.2. The number of hydrogen-bond donors (Lipinski definition) is 1. The Bertz CT molecular complexity index is 527. The van der Waals surface area contributed by atoms with Crippen molar-refractivity contribution in [1.29, 1.82) is 0 Å². The molecule has 5 heteroatoms. The predicted molar refractivity (Wildman–Crippen MR) is 69.1 cm³/mol. The normalized spacial score (nSPS) is 26.5. The molecule has 17 heavy (non-hydrogen) atoms. The van der Waals surface area contributed by atoms with Gasteiger partial charge in [0.05, 0.1) is 10.1 Å². The first-order chi connectivity index (χ1) is 7.96. The molecule has 1 aliphatic heterocycles. The summed E-state index contributed by atoms with van der Waals surface area (Å²) >= 11 is 5.95. The molecule has 0 spiro atoms. The fourth-order valence-electron chi connectivity index (χ4n) is 2.29. The van der Waals surface area contributed by atoms with Crippen LogP contribution in [0.25, 0.3) is 0 Å². The molecule has 1 aliphatic rings. The number of fused-ring (bicyclic) bond motifs is 1. The van der Waals surface area contributed by atoms with Crippen LogP contribution in [-0.4, -0.2) is 20.2 Å². The second kappa shape index (κ2) is 4.59. The molecule has 1 aromatic carbocycles. The highest BCUT2D eigenvalue weighted by Gasteiger charge is 2.35. The van der Waals surface area contributed by atoms with Crippen LogP contribution in [0.15, 0.2) is 23.1 Å². The first kappa shape index (κ1) is 12.9. The van der Waals surface area contributed by atoms with Crippen LogP contribution >= 0.6 is 11.6 Å². The standard InChI is InChI=1S/C12H16ClNO2S/c1-3-14-11-6-8(2)17(15,16)12-5-4-9(13)7-10(11)12/h4-5,7-8,11,14H,3,6H2,1-2H3. The maximum absolute atomic E-state index is 12.2. The van der Waals surface area contributed by atoms with Gasteiger partial charge in [-0.2, -0.15) is 0 Å². The second-order valence-electron chi connectivity index (χ2n) is 4.38. The summed E-state index contributed by atoms with van der Waals surface area (Å²) in [6.45, 7) is 4.58. The lowest BCUT2D eigenvalue weighted by atomic mass is 10.0. The van der Waals surface area contributed by atoms with E-state index in [0.717, 1.165) is 12.1 Å². The zero-order valence-corrected chi connectivity index (χ0v) is 11.5. The van der Waals surface area contributed by atoms with Gasteiger partial charge in [-0.25, -0.2) is 8.42 Å². The fourth-order valence-corrected chi connectivity index (χ4v) is 4.14. The molecule has 94 valence electrons. The van der Waals surface area contributed by atoms with Gasteiger partial charge in [-0.1, -0.05) is 18.5 Å². The smallest absolute Gasteiger partial charge is 0.181 e. The van der Waals surface area contributed by atoms with Crippen LogP contribution in [-0.2, 0) is 9.84 Å². The molecule has 0 bridgehead atoms. The Morgan fingerprint density at radius 2 is 2.18 bits per heavy atom. The number of rotatable bonds is 2. The summed E-state index contributed by atoms with van der Waals surface area (Å²) in [5.74, 6) is 0. The fraction of sp³-hybridized carbons (Fsp3) is 0.500. The number of halogens is 1. The first-order valence-electron chi connectivity index (χ1n) is 5.73. The van der Waals surface area contributed by atoms with Gasteiger partial charge in [0.25, 0.3) is 0 Å². The van der Waals surface area contributed by atoms with E-state index in [-0.39, 0.29) is 11.3 Å². The van der Waals surface area contributed by atoms with Gasteiger partial charge in [0.2, 0.25) is 0 Å². The van der Waals surface area contributed by atoms with Gasteiger partial charge in [0.15, 0.2) is 9.84 Å². The molecule has 0 saturated carbocycles. The van der Waals surface area contributed by atoms with Crippen molar-refractivity contribution in [3.8, 4) is 0 Å². The molecule has 2 rings (SSSR count). The minimum Gasteiger partial charge on any atom is -0.310 e. The molecule has 0 saturated heterocycles. The van der Waals surface area contributed by atoms with Gasteiger partial charge in [0, 0.05) is 11.1 Å². The van der Waals surface area contributed by atoms with Crippen molar-refractivity contribution in [1.82, 2.24) is 5.32 Å². The summed E-state index contributed by atoms with van der Waals surface area (Å²) in [7, 11) is -3.19. The number of nitrogens with one attached hydrogen (secondary N) is 1. The lowest BCUT2D eigenvalue weighted by Gasteiger charge is -2.30. The Labute approximate surface area is 107 Å². The monoisotopic (exact) mass is 273 g/mol. The van der Waals surface area contributed by atoms with E-state index in [2.05, 4.69) is 5.32 Å². The third-order valence-corrected chi connectivity index (χ3v) is 5.67. The van der Waals surface area contributed by atoms with Crippen molar-refractivity contribution in [3.05, 3.63) is 28.8 Å². The molecular weight excluding hydrogens is 258 g/mol. The molecule has 0 aromatic heterocycles. The zero-order valence-electron chi connectivity index (χ0n) is 9.90. The topological polar surface area (TPSA) is 46.2 Å². The lowest BCUT2D eigenvalue weighted by molar-refractivity contribution is 0.473. The summed E-state index contributed by atoms with van der Waals surface area (Å²) < 4.78 is 24.4. The lowest BCUT2D eigenvalue weighted by Crippen LogP contribution is -2.34. The Morgan fingerprint density at radius 3 is 2.82 bits per heavy atom. The number of hydrogen-bond acceptors (Lipinski definition) is 3. The van der Waals surface area contributed by atoms with Crippen molar-refractivity contribution in [2.75, 3.05) is 6.54 Å². The third kappa shape index (κ3) is 2.21. The van der Waals surface area contributed by atoms with E-state index in [1.165, 1.54) is 0 Å². The van der Waals surface area contributed by atoms with Crippen LogP contribution in [0.4, 0.5) is 0 Å². The highest BCUT2D eigenvalue weighted by atomic mass is 35.5. The van der Waals surface area contributed by atoms with Gasteiger partial charge in [0.1, 0.15) is 0 Å². The van der Waals surface area contributed by atoms with Crippen LogP contribution in [0.5, 0.6) is 0 Å². The van der Waals surface area contributed by atoms with Crippen molar-refractivity contribution in [2.45, 2.75) is 36.5 Å². The SMILES string of the molecule is CCNC1CC(C)S(=O)(=O)c2ccc(Cl)cc21. The minimum absolute atomic E-state index is 0.0761. The molecule has 3 nitrogen and oxygen atoms in total. The van der Waals surface area contributed by atoms with E-state index in [9.17, 15) is 8.42 Å². The van der Waals surface area contributed by atoms with Crippen molar-refractivity contribution >= 4 is 21.4 Å². The van der Waals surface area contributed by atoms with Crippen molar-refractivity contribution in [2.24, 2.45) is 0 Å². The minimum atomic E-state index is -3.19. The molecule has 2 atom stereocenters. The number of sulfone groups is 1. The highest BCUT2D eigenvalue weighted by Crippen LogP contribution is 2.37. The quantitative estimate of drug-likeness (QED) is 0.901. The molecule has 1 heterocycles. The zero-order chi connectivity index (χ0) is 12.6. The summed E-state index contributed by atoms with van der Waals surface area (Å²) in [4.78, 5) is 0.423. The molecule has 2 unspecified atom stereocenters. The summed E-state index contributed by atoms with van der Waals surface area (Å²) in [6, 6.07) is 5.09. The second-order valence-corrected chi connectivity index (χ2v) is 7.15. The number of benzene rings is 1. The van der Waals surface area contributed by atoms with Gasteiger partial charge < -0.3 is 5.32 Å². The molecule has 1 N–H and O–H groups in total. The van der Waals surface area contributed by atoms with E-state index in [1.54, 1.807) is 25.1 Å². The average molecular weight is 274 g/mol. The molecule has 0 fully saturated rings. The van der Waals surface area contributed by atoms with Crippen LogP contribution in [0.3, 0.4) is 0 Å². The Morgan fingerprint density at radius 1 is 1.47 bits per heavy atom. The largest absolute Gasteiger partial charge is 0.310 e. The maximum Gasteiger partial charge on any atom is 0.181 e. The third-order valence-electron chi connectivity index (χ3n) is 3.20. The van der Waals surface area contributed by atoms with E-state index < -0.39 is 9.84 Å². The first-order valence-corrected chi connectivity index (χ1v) is 7.66. The van der Waals surface area contributed by atoms with Crippen LogP contribution < -0.4 is 5.32 Å². The molecule has 0 amide bonds. The van der Waals surface area contributed by atoms with Crippen LogP contribution in [0.2, 0.25) is 5.02 Å². The van der Waals surface area contributed by atoms with E-state index >= 15 is 0 Å². The van der Waals surface area contributed by atoms with E-state index in [0.29, 0.717) is 16.3 Å². The van der Waals surface area contributed by atoms with Crippen LogP contribution in [0, 0.1) is 0 Å².